The average molecular weight is 441 g/mol. The second kappa shape index (κ2) is 12.3. The zero-order chi connectivity index (χ0) is 22.8. The average Bonchev–Trinajstić information content (AvgIpc) is 2.84. The minimum absolute atomic E-state index is 0.161. The van der Waals surface area contributed by atoms with Crippen LogP contribution in [0.1, 0.15) is 22.7 Å². The van der Waals surface area contributed by atoms with Crippen LogP contribution in [0.25, 0.3) is 0 Å². The Labute approximate surface area is 191 Å². The number of benzene rings is 2. The first-order valence-electron chi connectivity index (χ1n) is 11.2. The van der Waals surface area contributed by atoms with Gasteiger partial charge in [0.15, 0.2) is 17.5 Å². The van der Waals surface area contributed by atoms with E-state index in [-0.39, 0.29) is 6.04 Å². The maximum absolute atomic E-state index is 5.57. The molecule has 32 heavy (non-hydrogen) atoms. The van der Waals surface area contributed by atoms with E-state index in [0.29, 0.717) is 0 Å². The largest absolute Gasteiger partial charge is 0.493 e. The normalized spacial score (nSPS) is 15.8. The zero-order valence-corrected chi connectivity index (χ0v) is 19.7. The predicted octanol–water partition coefficient (Wildman–Crippen LogP) is 2.79. The van der Waals surface area contributed by atoms with E-state index in [4.69, 9.17) is 14.2 Å². The highest BCUT2D eigenvalue weighted by atomic mass is 16.5. The van der Waals surface area contributed by atoms with Gasteiger partial charge in [-0.05, 0) is 36.6 Å². The van der Waals surface area contributed by atoms with E-state index in [0.717, 1.165) is 63.3 Å². The summed E-state index contributed by atoms with van der Waals surface area (Å²) >= 11 is 0. The molecule has 0 bridgehead atoms. The van der Waals surface area contributed by atoms with Crippen LogP contribution in [0.3, 0.4) is 0 Å². The van der Waals surface area contributed by atoms with Crippen molar-refractivity contribution in [3.05, 3.63) is 59.2 Å². The summed E-state index contributed by atoms with van der Waals surface area (Å²) in [5.74, 6) is 2.28. The molecule has 1 aliphatic rings. The third-order valence-corrected chi connectivity index (χ3v) is 5.79. The van der Waals surface area contributed by atoms with Crippen molar-refractivity contribution in [2.75, 3.05) is 60.7 Å². The molecule has 1 fully saturated rings. The van der Waals surface area contributed by atoms with Crippen molar-refractivity contribution >= 4 is 5.96 Å². The van der Waals surface area contributed by atoms with Gasteiger partial charge < -0.3 is 24.8 Å². The summed E-state index contributed by atoms with van der Waals surface area (Å²) in [6, 6.07) is 15.0. The van der Waals surface area contributed by atoms with Crippen molar-refractivity contribution in [2.45, 2.75) is 19.4 Å². The van der Waals surface area contributed by atoms with E-state index in [1.54, 1.807) is 21.3 Å². The van der Waals surface area contributed by atoms with Crippen molar-refractivity contribution in [1.82, 2.24) is 15.5 Å². The lowest BCUT2D eigenvalue weighted by Gasteiger charge is -2.35. The molecule has 0 saturated carbocycles. The van der Waals surface area contributed by atoms with E-state index >= 15 is 0 Å². The summed E-state index contributed by atoms with van der Waals surface area (Å²) < 4.78 is 16.5. The quantitative estimate of drug-likeness (QED) is 0.462. The van der Waals surface area contributed by atoms with E-state index in [2.05, 4.69) is 63.8 Å². The molecule has 7 heteroatoms. The van der Waals surface area contributed by atoms with E-state index < -0.39 is 0 Å². The third kappa shape index (κ3) is 6.61. The summed E-state index contributed by atoms with van der Waals surface area (Å²) in [7, 11) is 5.13. The first-order chi connectivity index (χ1) is 15.6. The van der Waals surface area contributed by atoms with Crippen molar-refractivity contribution in [3.63, 3.8) is 0 Å². The maximum atomic E-state index is 5.57. The first kappa shape index (κ1) is 23.9. The molecule has 1 atom stereocenters. The summed E-state index contributed by atoms with van der Waals surface area (Å²) in [6.45, 7) is 6.92. The van der Waals surface area contributed by atoms with Crippen LogP contribution < -0.4 is 20.1 Å². The van der Waals surface area contributed by atoms with Crippen LogP contribution in [0, 0.1) is 6.92 Å². The van der Waals surface area contributed by atoms with Gasteiger partial charge in [-0.25, -0.2) is 0 Å². The molecule has 1 saturated heterocycles. The van der Waals surface area contributed by atoms with Crippen LogP contribution in [-0.4, -0.2) is 71.5 Å². The van der Waals surface area contributed by atoms with Crippen LogP contribution in [0.15, 0.2) is 47.5 Å². The van der Waals surface area contributed by atoms with Gasteiger partial charge in [0.05, 0.1) is 33.5 Å². The van der Waals surface area contributed by atoms with Gasteiger partial charge >= 0.3 is 0 Å². The second-order valence-electron chi connectivity index (χ2n) is 7.89. The standard InChI is InChI=1S/C25H36N4O3/c1-19-5-7-20(8-6-19)11-12-27-25(26-2)28-18-22(29-13-15-32-16-14-29)21-9-10-23(30-3)24(17-21)31-4/h5-10,17,22H,11-16,18H2,1-4H3,(H2,26,27,28). The number of aliphatic imine (C=N–C) groups is 1. The molecule has 2 N–H and O–H groups in total. The smallest absolute Gasteiger partial charge is 0.191 e. The van der Waals surface area contributed by atoms with Gasteiger partial charge in [-0.15, -0.1) is 0 Å². The Hall–Kier alpha value is -2.77. The Morgan fingerprint density at radius 3 is 2.41 bits per heavy atom. The SMILES string of the molecule is CN=C(NCCc1ccc(C)cc1)NCC(c1ccc(OC)c(OC)c1)N1CCOCC1. The summed E-state index contributed by atoms with van der Waals surface area (Å²) in [5.41, 5.74) is 3.77. The topological polar surface area (TPSA) is 67.4 Å². The molecule has 2 aromatic carbocycles. The molecular formula is C25H36N4O3. The summed E-state index contributed by atoms with van der Waals surface area (Å²) in [5, 5.41) is 6.95. The monoisotopic (exact) mass is 440 g/mol. The molecule has 1 heterocycles. The minimum Gasteiger partial charge on any atom is -0.493 e. The Bertz CT molecular complexity index is 864. The lowest BCUT2D eigenvalue weighted by Crippen LogP contribution is -2.46. The van der Waals surface area contributed by atoms with Crippen LogP contribution in [0.4, 0.5) is 0 Å². The van der Waals surface area contributed by atoms with Gasteiger partial charge in [0.1, 0.15) is 0 Å². The highest BCUT2D eigenvalue weighted by Crippen LogP contribution is 2.32. The Morgan fingerprint density at radius 1 is 1.03 bits per heavy atom. The van der Waals surface area contributed by atoms with E-state index in [1.165, 1.54) is 16.7 Å². The molecule has 0 aromatic heterocycles. The van der Waals surface area contributed by atoms with Gasteiger partial charge in [-0.3, -0.25) is 9.89 Å². The second-order valence-corrected chi connectivity index (χ2v) is 7.89. The Balaban J connectivity index is 1.64. The van der Waals surface area contributed by atoms with Gasteiger partial charge in [-0.1, -0.05) is 35.9 Å². The number of rotatable bonds is 9. The van der Waals surface area contributed by atoms with Crippen molar-refractivity contribution in [3.8, 4) is 11.5 Å². The number of morpholine rings is 1. The minimum atomic E-state index is 0.161. The molecule has 3 rings (SSSR count). The van der Waals surface area contributed by atoms with Crippen molar-refractivity contribution < 1.29 is 14.2 Å². The molecule has 0 aliphatic carbocycles. The number of methoxy groups -OCH3 is 2. The number of ether oxygens (including phenoxy) is 3. The summed E-state index contributed by atoms with van der Waals surface area (Å²) in [4.78, 5) is 6.85. The maximum Gasteiger partial charge on any atom is 0.191 e. The number of hydrogen-bond acceptors (Lipinski definition) is 5. The van der Waals surface area contributed by atoms with E-state index in [1.807, 2.05) is 6.07 Å². The lowest BCUT2D eigenvalue weighted by atomic mass is 10.0. The number of hydrogen-bond donors (Lipinski definition) is 2. The molecule has 0 radical (unpaired) electrons. The van der Waals surface area contributed by atoms with Crippen molar-refractivity contribution in [1.29, 1.82) is 0 Å². The van der Waals surface area contributed by atoms with Gasteiger partial charge in [0.2, 0.25) is 0 Å². The van der Waals surface area contributed by atoms with Crippen LogP contribution in [0.5, 0.6) is 11.5 Å². The molecule has 7 nitrogen and oxygen atoms in total. The third-order valence-electron chi connectivity index (χ3n) is 5.79. The number of nitrogens with zero attached hydrogens (tertiary/aromatic N) is 2. The fourth-order valence-corrected chi connectivity index (χ4v) is 3.90. The fourth-order valence-electron chi connectivity index (χ4n) is 3.90. The molecule has 0 spiro atoms. The van der Waals surface area contributed by atoms with E-state index in [9.17, 15) is 0 Å². The Morgan fingerprint density at radius 2 is 1.75 bits per heavy atom. The van der Waals surface area contributed by atoms with Crippen LogP contribution in [-0.2, 0) is 11.2 Å². The molecule has 1 aliphatic heterocycles. The molecule has 0 amide bonds. The van der Waals surface area contributed by atoms with Crippen LogP contribution >= 0.6 is 0 Å². The lowest BCUT2D eigenvalue weighted by molar-refractivity contribution is 0.0169. The molecule has 2 aromatic rings. The number of nitrogens with one attached hydrogen (secondary N) is 2. The Kier molecular flexibility index (Phi) is 9.19. The first-order valence-corrected chi connectivity index (χ1v) is 11.2. The fraction of sp³-hybridized carbons (Fsp3) is 0.480. The van der Waals surface area contributed by atoms with Gasteiger partial charge in [0, 0.05) is 33.2 Å². The highest BCUT2D eigenvalue weighted by molar-refractivity contribution is 5.79. The predicted molar refractivity (Wildman–Crippen MR) is 129 cm³/mol. The molecular weight excluding hydrogens is 404 g/mol. The highest BCUT2D eigenvalue weighted by Gasteiger charge is 2.24. The van der Waals surface area contributed by atoms with Gasteiger partial charge in [0.25, 0.3) is 0 Å². The molecule has 174 valence electrons. The van der Waals surface area contributed by atoms with Crippen LogP contribution in [0.2, 0.25) is 0 Å². The zero-order valence-electron chi connectivity index (χ0n) is 19.7. The summed E-state index contributed by atoms with van der Waals surface area (Å²) in [6.07, 6.45) is 0.948. The van der Waals surface area contributed by atoms with Crippen molar-refractivity contribution in [2.24, 2.45) is 4.99 Å². The molecule has 1 unspecified atom stereocenters. The number of aryl methyl sites for hydroxylation is 1. The number of guanidine groups is 1. The van der Waals surface area contributed by atoms with Gasteiger partial charge in [-0.2, -0.15) is 0 Å².